The van der Waals surface area contributed by atoms with Gasteiger partial charge >= 0.3 is 0 Å². The first-order valence-corrected chi connectivity index (χ1v) is 4.58. The van der Waals surface area contributed by atoms with E-state index in [1.54, 1.807) is 18.3 Å². The van der Waals surface area contributed by atoms with E-state index in [2.05, 4.69) is 15.8 Å². The minimum Gasteiger partial charge on any atom is -0.287 e. The monoisotopic (exact) mass is 193 g/mol. The first-order chi connectivity index (χ1) is 6.59. The zero-order chi connectivity index (χ0) is 10.6. The summed E-state index contributed by atoms with van der Waals surface area (Å²) in [6.07, 6.45) is 1.62. The van der Waals surface area contributed by atoms with Crippen LogP contribution in [0, 0.1) is 6.92 Å². The van der Waals surface area contributed by atoms with Crippen molar-refractivity contribution in [2.75, 3.05) is 0 Å². The van der Waals surface area contributed by atoms with Crippen molar-refractivity contribution in [3.05, 3.63) is 29.6 Å². The van der Waals surface area contributed by atoms with Crippen LogP contribution in [0.15, 0.2) is 18.3 Å². The van der Waals surface area contributed by atoms with Gasteiger partial charge in [0.2, 0.25) is 0 Å². The molecule has 0 saturated carbocycles. The molecule has 0 aliphatic heterocycles. The van der Waals surface area contributed by atoms with Gasteiger partial charge in [0.15, 0.2) is 0 Å². The number of carbonyl (C=O) groups excluding carboxylic acids is 1. The molecule has 1 amide bonds. The number of hydrogen-bond donors (Lipinski definition) is 2. The molecule has 76 valence electrons. The lowest BCUT2D eigenvalue weighted by Crippen LogP contribution is -2.41. The maximum Gasteiger partial charge on any atom is 0.265 e. The first-order valence-electron chi connectivity index (χ1n) is 4.58. The second-order valence-electron chi connectivity index (χ2n) is 3.44. The maximum absolute atomic E-state index is 11.5. The molecule has 1 heterocycles. The standard InChI is InChI=1S/C10H15N3O/c1-7(2)12-13-10(14)9-4-5-11-8(3)6-9/h4-7,12H,1-3H3,(H,13,14). The number of rotatable bonds is 3. The highest BCUT2D eigenvalue weighted by Gasteiger charge is 2.04. The fourth-order valence-corrected chi connectivity index (χ4v) is 0.969. The quantitative estimate of drug-likeness (QED) is 0.705. The molecule has 1 rings (SSSR count). The summed E-state index contributed by atoms with van der Waals surface area (Å²) in [7, 11) is 0. The molecule has 0 spiro atoms. The van der Waals surface area contributed by atoms with Crippen molar-refractivity contribution in [2.45, 2.75) is 26.8 Å². The minimum absolute atomic E-state index is 0.135. The van der Waals surface area contributed by atoms with Crippen molar-refractivity contribution < 1.29 is 4.79 Å². The van der Waals surface area contributed by atoms with Crippen molar-refractivity contribution in [2.24, 2.45) is 0 Å². The first kappa shape index (κ1) is 10.7. The molecule has 0 radical (unpaired) electrons. The molecular formula is C10H15N3O. The van der Waals surface area contributed by atoms with Gasteiger partial charge in [-0.25, -0.2) is 5.43 Å². The van der Waals surface area contributed by atoms with Crippen LogP contribution in [0.25, 0.3) is 0 Å². The van der Waals surface area contributed by atoms with Crippen LogP contribution in [0.1, 0.15) is 29.9 Å². The van der Waals surface area contributed by atoms with Gasteiger partial charge in [0.05, 0.1) is 0 Å². The summed E-state index contributed by atoms with van der Waals surface area (Å²) in [6, 6.07) is 3.66. The van der Waals surface area contributed by atoms with Crippen LogP contribution >= 0.6 is 0 Å². The van der Waals surface area contributed by atoms with Crippen molar-refractivity contribution in [1.82, 2.24) is 15.8 Å². The largest absolute Gasteiger partial charge is 0.287 e. The molecule has 0 unspecified atom stereocenters. The Hall–Kier alpha value is -1.42. The molecule has 0 aliphatic rings. The van der Waals surface area contributed by atoms with Crippen LogP contribution in [-0.4, -0.2) is 16.9 Å². The molecule has 4 nitrogen and oxygen atoms in total. The third kappa shape index (κ3) is 3.14. The van der Waals surface area contributed by atoms with E-state index in [1.165, 1.54) is 0 Å². The van der Waals surface area contributed by atoms with Crippen LogP contribution in [0.5, 0.6) is 0 Å². The average Bonchev–Trinajstić information content (AvgIpc) is 2.14. The Kier molecular flexibility index (Phi) is 3.59. The third-order valence-corrected chi connectivity index (χ3v) is 1.63. The van der Waals surface area contributed by atoms with Gasteiger partial charge in [0, 0.05) is 23.5 Å². The molecule has 0 saturated heterocycles. The Morgan fingerprint density at radius 2 is 2.21 bits per heavy atom. The van der Waals surface area contributed by atoms with Crippen LogP contribution in [0.2, 0.25) is 0 Å². The van der Waals surface area contributed by atoms with E-state index >= 15 is 0 Å². The molecule has 0 aromatic carbocycles. The number of aryl methyl sites for hydroxylation is 1. The predicted octanol–water partition coefficient (Wildman–Crippen LogP) is 1.03. The molecule has 0 atom stereocenters. The highest BCUT2D eigenvalue weighted by Crippen LogP contribution is 1.99. The van der Waals surface area contributed by atoms with Gasteiger partial charge in [-0.1, -0.05) is 0 Å². The number of nitrogens with one attached hydrogen (secondary N) is 2. The van der Waals surface area contributed by atoms with Crippen LogP contribution < -0.4 is 10.9 Å². The van der Waals surface area contributed by atoms with E-state index in [0.29, 0.717) is 5.56 Å². The highest BCUT2D eigenvalue weighted by atomic mass is 16.2. The minimum atomic E-state index is -0.135. The number of hydrazine groups is 1. The topological polar surface area (TPSA) is 54.0 Å². The Morgan fingerprint density at radius 3 is 2.79 bits per heavy atom. The molecular weight excluding hydrogens is 178 g/mol. The number of amides is 1. The van der Waals surface area contributed by atoms with E-state index in [9.17, 15) is 4.79 Å². The van der Waals surface area contributed by atoms with E-state index in [0.717, 1.165) is 5.69 Å². The summed E-state index contributed by atoms with van der Waals surface area (Å²) in [5.41, 5.74) is 6.90. The van der Waals surface area contributed by atoms with Crippen LogP contribution in [0.3, 0.4) is 0 Å². The summed E-state index contributed by atoms with van der Waals surface area (Å²) >= 11 is 0. The molecule has 1 aromatic heterocycles. The molecule has 0 aliphatic carbocycles. The molecule has 2 N–H and O–H groups in total. The third-order valence-electron chi connectivity index (χ3n) is 1.63. The van der Waals surface area contributed by atoms with E-state index in [-0.39, 0.29) is 11.9 Å². The second kappa shape index (κ2) is 4.72. The van der Waals surface area contributed by atoms with E-state index < -0.39 is 0 Å². The molecule has 4 heteroatoms. The van der Waals surface area contributed by atoms with Gasteiger partial charge in [-0.05, 0) is 32.9 Å². The SMILES string of the molecule is Cc1cc(C(=O)NNC(C)C)ccn1. The van der Waals surface area contributed by atoms with Gasteiger partial charge < -0.3 is 0 Å². The molecule has 14 heavy (non-hydrogen) atoms. The van der Waals surface area contributed by atoms with E-state index in [4.69, 9.17) is 0 Å². The van der Waals surface area contributed by atoms with Crippen molar-refractivity contribution in [3.8, 4) is 0 Å². The summed E-state index contributed by atoms with van der Waals surface area (Å²) in [4.78, 5) is 15.5. The van der Waals surface area contributed by atoms with Crippen LogP contribution in [-0.2, 0) is 0 Å². The number of pyridine rings is 1. The van der Waals surface area contributed by atoms with Gasteiger partial charge in [0.1, 0.15) is 0 Å². The normalized spacial score (nSPS) is 10.3. The molecule has 0 bridgehead atoms. The lowest BCUT2D eigenvalue weighted by molar-refractivity contribution is 0.0927. The Labute approximate surface area is 83.7 Å². The Morgan fingerprint density at radius 1 is 1.50 bits per heavy atom. The molecule has 1 aromatic rings. The maximum atomic E-state index is 11.5. The predicted molar refractivity (Wildman–Crippen MR) is 54.7 cm³/mol. The zero-order valence-corrected chi connectivity index (χ0v) is 8.66. The summed E-state index contributed by atoms with van der Waals surface area (Å²) < 4.78 is 0. The van der Waals surface area contributed by atoms with Crippen molar-refractivity contribution in [1.29, 1.82) is 0 Å². The van der Waals surface area contributed by atoms with Gasteiger partial charge in [-0.2, -0.15) is 0 Å². The highest BCUT2D eigenvalue weighted by molar-refractivity contribution is 5.93. The lowest BCUT2D eigenvalue weighted by Gasteiger charge is -2.09. The summed E-state index contributed by atoms with van der Waals surface area (Å²) in [6.45, 7) is 5.77. The van der Waals surface area contributed by atoms with E-state index in [1.807, 2.05) is 20.8 Å². The number of aromatic nitrogens is 1. The number of carbonyl (C=O) groups is 1. The molecule has 0 fully saturated rings. The van der Waals surface area contributed by atoms with Gasteiger partial charge in [0.25, 0.3) is 5.91 Å². The van der Waals surface area contributed by atoms with Gasteiger partial charge in [-0.15, -0.1) is 0 Å². The van der Waals surface area contributed by atoms with Gasteiger partial charge in [-0.3, -0.25) is 15.2 Å². The number of nitrogens with zero attached hydrogens (tertiary/aromatic N) is 1. The average molecular weight is 193 g/mol. The summed E-state index contributed by atoms with van der Waals surface area (Å²) in [5, 5.41) is 0. The lowest BCUT2D eigenvalue weighted by atomic mass is 10.2. The van der Waals surface area contributed by atoms with Crippen molar-refractivity contribution in [3.63, 3.8) is 0 Å². The zero-order valence-electron chi connectivity index (χ0n) is 8.66. The van der Waals surface area contributed by atoms with Crippen molar-refractivity contribution >= 4 is 5.91 Å². The second-order valence-corrected chi connectivity index (χ2v) is 3.44. The fraction of sp³-hybridized carbons (Fsp3) is 0.400. The Balaban J connectivity index is 2.61. The summed E-state index contributed by atoms with van der Waals surface area (Å²) in [5.74, 6) is -0.135. The fourth-order valence-electron chi connectivity index (χ4n) is 0.969. The Bertz CT molecular complexity index is 323. The number of hydrogen-bond acceptors (Lipinski definition) is 3. The van der Waals surface area contributed by atoms with Crippen LogP contribution in [0.4, 0.5) is 0 Å². The smallest absolute Gasteiger partial charge is 0.265 e.